The fraction of sp³-hybridized carbons (Fsp3) is 0.833. The van der Waals surface area contributed by atoms with Crippen LogP contribution in [0, 0.1) is 5.92 Å². The van der Waals surface area contributed by atoms with Crippen LogP contribution < -0.4 is 5.73 Å². The Balaban J connectivity index is 2.36. The van der Waals surface area contributed by atoms with E-state index >= 15 is 0 Å². The summed E-state index contributed by atoms with van der Waals surface area (Å²) in [4.78, 5) is 24.5. The predicted molar refractivity (Wildman–Crippen MR) is 64.2 cm³/mol. The van der Waals surface area contributed by atoms with Gasteiger partial charge in [0, 0.05) is 0 Å². The minimum absolute atomic E-state index is 0.0432. The third-order valence-electron chi connectivity index (χ3n) is 2.71. The summed E-state index contributed by atoms with van der Waals surface area (Å²) in [5.74, 6) is -0.490. The molecule has 1 saturated heterocycles. The largest absolute Gasteiger partial charge is 0.460 e. The van der Waals surface area contributed by atoms with Crippen LogP contribution in [0.1, 0.15) is 33.6 Å². The maximum atomic E-state index is 11.8. The molecule has 98 valence electrons. The van der Waals surface area contributed by atoms with Crippen LogP contribution in [0.4, 0.5) is 0 Å². The number of ether oxygens (including phenoxy) is 1. The van der Waals surface area contributed by atoms with E-state index < -0.39 is 5.60 Å². The van der Waals surface area contributed by atoms with Crippen molar-refractivity contribution in [2.24, 2.45) is 11.7 Å². The molecule has 1 heterocycles. The molecule has 0 aromatic carbocycles. The monoisotopic (exact) mass is 242 g/mol. The highest BCUT2D eigenvalue weighted by molar-refractivity contribution is 5.76. The summed E-state index contributed by atoms with van der Waals surface area (Å²) in [6.07, 6.45) is 1.48. The van der Waals surface area contributed by atoms with Crippen molar-refractivity contribution in [2.75, 3.05) is 19.6 Å². The number of esters is 1. The lowest BCUT2D eigenvalue weighted by Gasteiger charge is -2.31. The summed E-state index contributed by atoms with van der Waals surface area (Å²) in [5, 5.41) is 0. The van der Waals surface area contributed by atoms with Gasteiger partial charge in [0.1, 0.15) is 5.60 Å². The lowest BCUT2D eigenvalue weighted by atomic mass is 9.96. The Morgan fingerprint density at radius 1 is 1.29 bits per heavy atom. The molecule has 5 nitrogen and oxygen atoms in total. The lowest BCUT2D eigenvalue weighted by Crippen LogP contribution is -2.42. The fourth-order valence-electron chi connectivity index (χ4n) is 1.93. The maximum absolute atomic E-state index is 11.8. The van der Waals surface area contributed by atoms with E-state index in [1.807, 2.05) is 25.7 Å². The Morgan fingerprint density at radius 2 is 1.82 bits per heavy atom. The molecule has 0 aromatic rings. The molecule has 0 unspecified atom stereocenters. The van der Waals surface area contributed by atoms with E-state index in [9.17, 15) is 9.59 Å². The summed E-state index contributed by atoms with van der Waals surface area (Å²) in [7, 11) is 0. The van der Waals surface area contributed by atoms with Crippen LogP contribution >= 0.6 is 0 Å². The fourth-order valence-corrected chi connectivity index (χ4v) is 1.93. The van der Waals surface area contributed by atoms with Crippen molar-refractivity contribution in [3.8, 4) is 0 Å². The average Bonchev–Trinajstić information content (AvgIpc) is 2.15. The van der Waals surface area contributed by atoms with Crippen LogP contribution in [-0.2, 0) is 14.3 Å². The molecule has 1 aliphatic rings. The molecule has 0 saturated carbocycles. The van der Waals surface area contributed by atoms with Gasteiger partial charge in [-0.1, -0.05) is 0 Å². The molecular weight excluding hydrogens is 220 g/mol. The van der Waals surface area contributed by atoms with Crippen molar-refractivity contribution < 1.29 is 14.3 Å². The summed E-state index contributed by atoms with van der Waals surface area (Å²) in [6, 6.07) is 0. The minimum atomic E-state index is -0.429. The Morgan fingerprint density at radius 3 is 2.24 bits per heavy atom. The molecule has 1 amide bonds. The summed E-state index contributed by atoms with van der Waals surface area (Å²) in [5.41, 5.74) is 4.70. The summed E-state index contributed by atoms with van der Waals surface area (Å²) in [6.45, 7) is 7.34. The van der Waals surface area contributed by atoms with E-state index in [1.54, 1.807) is 0 Å². The first-order valence-corrected chi connectivity index (χ1v) is 6.01. The molecular formula is C12H22N2O3. The van der Waals surface area contributed by atoms with Crippen LogP contribution in [-0.4, -0.2) is 42.0 Å². The normalized spacial score (nSPS) is 19.0. The minimum Gasteiger partial charge on any atom is -0.460 e. The predicted octanol–water partition coefficient (Wildman–Crippen LogP) is 0.525. The molecule has 1 aliphatic heterocycles. The molecule has 5 heteroatoms. The zero-order valence-corrected chi connectivity index (χ0v) is 10.9. The number of primary amides is 1. The Labute approximate surface area is 102 Å². The van der Waals surface area contributed by atoms with Crippen molar-refractivity contribution >= 4 is 11.9 Å². The first kappa shape index (κ1) is 14.0. The number of likely N-dealkylation sites (tertiary alicyclic amines) is 1. The zero-order valence-electron chi connectivity index (χ0n) is 10.9. The highest BCUT2D eigenvalue weighted by atomic mass is 16.6. The topological polar surface area (TPSA) is 72.6 Å². The molecule has 0 bridgehead atoms. The number of rotatable bonds is 3. The molecule has 0 aliphatic carbocycles. The third-order valence-corrected chi connectivity index (χ3v) is 2.71. The number of hydrogen-bond acceptors (Lipinski definition) is 4. The van der Waals surface area contributed by atoms with Gasteiger partial charge in [-0.2, -0.15) is 0 Å². The van der Waals surface area contributed by atoms with Crippen LogP contribution in [0.25, 0.3) is 0 Å². The number of nitrogens with two attached hydrogens (primary N) is 1. The van der Waals surface area contributed by atoms with Crippen LogP contribution in [0.3, 0.4) is 0 Å². The van der Waals surface area contributed by atoms with E-state index in [0.29, 0.717) is 0 Å². The number of amides is 1. The van der Waals surface area contributed by atoms with Gasteiger partial charge < -0.3 is 10.5 Å². The van der Waals surface area contributed by atoms with Crippen LogP contribution in [0.5, 0.6) is 0 Å². The van der Waals surface area contributed by atoms with Crippen molar-refractivity contribution in [1.82, 2.24) is 4.90 Å². The smallest absolute Gasteiger partial charge is 0.309 e. The average molecular weight is 242 g/mol. The molecule has 0 atom stereocenters. The second-order valence-corrected chi connectivity index (χ2v) is 5.55. The van der Waals surface area contributed by atoms with Crippen molar-refractivity contribution in [2.45, 2.75) is 39.2 Å². The highest BCUT2D eigenvalue weighted by Crippen LogP contribution is 2.21. The number of nitrogens with zero attached hydrogens (tertiary/aromatic N) is 1. The van der Waals surface area contributed by atoms with Crippen LogP contribution in [0.15, 0.2) is 0 Å². The van der Waals surface area contributed by atoms with Gasteiger partial charge in [0.2, 0.25) is 5.91 Å². The van der Waals surface area contributed by atoms with Gasteiger partial charge in [-0.15, -0.1) is 0 Å². The first-order valence-electron chi connectivity index (χ1n) is 6.01. The number of hydrogen-bond donors (Lipinski definition) is 1. The summed E-state index contributed by atoms with van der Waals surface area (Å²) < 4.78 is 5.34. The Hall–Kier alpha value is -1.10. The van der Waals surface area contributed by atoms with Gasteiger partial charge in [-0.05, 0) is 46.7 Å². The molecule has 1 rings (SSSR count). The van der Waals surface area contributed by atoms with Gasteiger partial charge in [-0.25, -0.2) is 0 Å². The van der Waals surface area contributed by atoms with Crippen LogP contribution in [0.2, 0.25) is 0 Å². The van der Waals surface area contributed by atoms with Gasteiger partial charge in [0.15, 0.2) is 0 Å². The standard InChI is InChI=1S/C12H22N2O3/c1-12(2,3)17-11(16)9-4-6-14(7-5-9)8-10(13)15/h9H,4-8H2,1-3H3,(H2,13,15). The number of carbonyl (C=O) groups excluding carboxylic acids is 2. The molecule has 0 aromatic heterocycles. The van der Waals surface area contributed by atoms with Gasteiger partial charge in [0.25, 0.3) is 0 Å². The van der Waals surface area contributed by atoms with E-state index in [1.165, 1.54) is 0 Å². The third kappa shape index (κ3) is 5.17. The number of piperidine rings is 1. The molecule has 17 heavy (non-hydrogen) atoms. The van der Waals surface area contributed by atoms with Gasteiger partial charge >= 0.3 is 5.97 Å². The Bertz CT molecular complexity index is 289. The Kier molecular flexibility index (Phi) is 4.51. The van der Waals surface area contributed by atoms with Crippen molar-refractivity contribution in [3.05, 3.63) is 0 Å². The van der Waals surface area contributed by atoms with Crippen molar-refractivity contribution in [3.63, 3.8) is 0 Å². The van der Waals surface area contributed by atoms with Crippen molar-refractivity contribution in [1.29, 1.82) is 0 Å². The second kappa shape index (κ2) is 5.49. The SMILES string of the molecule is CC(C)(C)OC(=O)C1CCN(CC(N)=O)CC1. The quantitative estimate of drug-likeness (QED) is 0.732. The summed E-state index contributed by atoms with van der Waals surface area (Å²) >= 11 is 0. The molecule has 0 radical (unpaired) electrons. The van der Waals surface area contributed by atoms with Gasteiger partial charge in [-0.3, -0.25) is 14.5 Å². The maximum Gasteiger partial charge on any atom is 0.309 e. The second-order valence-electron chi connectivity index (χ2n) is 5.55. The molecule has 1 fully saturated rings. The molecule has 0 spiro atoms. The lowest BCUT2D eigenvalue weighted by molar-refractivity contribution is -0.161. The molecule has 2 N–H and O–H groups in total. The number of carbonyl (C=O) groups is 2. The van der Waals surface area contributed by atoms with E-state index in [4.69, 9.17) is 10.5 Å². The zero-order chi connectivity index (χ0) is 13.1. The van der Waals surface area contributed by atoms with E-state index in [2.05, 4.69) is 0 Å². The van der Waals surface area contributed by atoms with E-state index in [-0.39, 0.29) is 24.3 Å². The highest BCUT2D eigenvalue weighted by Gasteiger charge is 2.29. The van der Waals surface area contributed by atoms with E-state index in [0.717, 1.165) is 25.9 Å². The first-order chi connectivity index (χ1) is 7.78. The van der Waals surface area contributed by atoms with Gasteiger partial charge in [0.05, 0.1) is 12.5 Å².